The zero-order chi connectivity index (χ0) is 12.2. The van der Waals surface area contributed by atoms with Gasteiger partial charge >= 0.3 is 0 Å². The van der Waals surface area contributed by atoms with E-state index in [-0.39, 0.29) is 11.4 Å². The number of carbonyl (C=O) groups excluding carboxylic acids is 1. The average Bonchev–Trinajstić information content (AvgIpc) is 2.29. The highest BCUT2D eigenvalue weighted by Gasteiger charge is 2.22. The Balaban J connectivity index is 2.80. The Morgan fingerprint density at radius 1 is 1.44 bits per heavy atom. The number of halogens is 1. The molecule has 4 heteroatoms. The summed E-state index contributed by atoms with van der Waals surface area (Å²) in [6.45, 7) is 6.20. The molecule has 0 aliphatic carbocycles. The number of pyridine rings is 1. The number of nitrogens with one attached hydrogen (secondary N) is 1. The Morgan fingerprint density at radius 3 is 2.56 bits per heavy atom. The lowest BCUT2D eigenvalue weighted by Gasteiger charge is -2.28. The second-order valence-corrected chi connectivity index (χ2v) is 5.03. The van der Waals surface area contributed by atoms with Crippen LogP contribution in [0.25, 0.3) is 0 Å². The van der Waals surface area contributed by atoms with Crippen molar-refractivity contribution in [2.75, 3.05) is 0 Å². The molecule has 1 rings (SSSR count). The fourth-order valence-electron chi connectivity index (χ4n) is 1.31. The van der Waals surface area contributed by atoms with Crippen LogP contribution in [-0.4, -0.2) is 16.4 Å². The van der Waals surface area contributed by atoms with Crippen LogP contribution in [-0.2, 0) is 0 Å². The van der Waals surface area contributed by atoms with Crippen molar-refractivity contribution in [3.8, 4) is 0 Å². The van der Waals surface area contributed by atoms with Gasteiger partial charge in [-0.1, -0.05) is 13.8 Å². The highest BCUT2D eigenvalue weighted by molar-refractivity contribution is 9.10. The quantitative estimate of drug-likeness (QED) is 0.923. The lowest BCUT2D eigenvalue weighted by atomic mass is 9.95. The molecular formula is C12H17BrN2O. The van der Waals surface area contributed by atoms with Crippen molar-refractivity contribution in [3.63, 3.8) is 0 Å². The zero-order valence-electron chi connectivity index (χ0n) is 9.88. The van der Waals surface area contributed by atoms with E-state index in [1.807, 2.05) is 0 Å². The van der Waals surface area contributed by atoms with Crippen LogP contribution in [0.5, 0.6) is 0 Å². The normalized spacial score (nSPS) is 11.2. The van der Waals surface area contributed by atoms with Crippen LogP contribution in [0.2, 0.25) is 0 Å². The lowest BCUT2D eigenvalue weighted by Crippen LogP contribution is -2.44. The fourth-order valence-corrected chi connectivity index (χ4v) is 1.67. The van der Waals surface area contributed by atoms with Crippen LogP contribution in [0.3, 0.4) is 0 Å². The average molecular weight is 285 g/mol. The minimum atomic E-state index is -0.139. The van der Waals surface area contributed by atoms with Crippen molar-refractivity contribution in [3.05, 3.63) is 28.5 Å². The van der Waals surface area contributed by atoms with Gasteiger partial charge in [-0.15, -0.1) is 0 Å². The minimum Gasteiger partial charge on any atom is -0.347 e. The molecule has 1 heterocycles. The standard InChI is InChI=1S/C12H17BrN2O/c1-4-12(3,5-2)15-11(16)9-6-10(13)8-14-7-9/h6-8H,4-5H2,1-3H3,(H,15,16). The van der Waals surface area contributed by atoms with Gasteiger partial charge in [0.05, 0.1) is 5.56 Å². The number of carbonyl (C=O) groups is 1. The molecule has 0 fully saturated rings. The van der Waals surface area contributed by atoms with Gasteiger partial charge in [-0.05, 0) is 41.8 Å². The molecular weight excluding hydrogens is 268 g/mol. The third-order valence-corrected chi connectivity index (χ3v) is 3.38. The van der Waals surface area contributed by atoms with Crippen LogP contribution in [0.1, 0.15) is 44.0 Å². The molecule has 0 aliphatic heterocycles. The van der Waals surface area contributed by atoms with E-state index in [9.17, 15) is 4.79 Å². The van der Waals surface area contributed by atoms with Crippen molar-refractivity contribution in [1.82, 2.24) is 10.3 Å². The molecule has 0 aromatic carbocycles. The molecule has 1 amide bonds. The zero-order valence-corrected chi connectivity index (χ0v) is 11.5. The third-order valence-electron chi connectivity index (χ3n) is 2.94. The maximum atomic E-state index is 12.0. The smallest absolute Gasteiger partial charge is 0.253 e. The number of amides is 1. The predicted octanol–water partition coefficient (Wildman–Crippen LogP) is 3.15. The van der Waals surface area contributed by atoms with Crippen LogP contribution in [0.4, 0.5) is 0 Å². The van der Waals surface area contributed by atoms with Gasteiger partial charge in [-0.25, -0.2) is 0 Å². The van der Waals surface area contributed by atoms with Gasteiger partial charge in [-0.2, -0.15) is 0 Å². The molecule has 0 radical (unpaired) electrons. The second kappa shape index (κ2) is 5.43. The summed E-state index contributed by atoms with van der Waals surface area (Å²) in [6.07, 6.45) is 5.06. The van der Waals surface area contributed by atoms with Gasteiger partial charge in [0.25, 0.3) is 5.91 Å². The minimum absolute atomic E-state index is 0.0694. The Hall–Kier alpha value is -0.900. The van der Waals surface area contributed by atoms with Gasteiger partial charge in [0, 0.05) is 22.4 Å². The second-order valence-electron chi connectivity index (χ2n) is 4.11. The van der Waals surface area contributed by atoms with E-state index in [1.54, 1.807) is 18.5 Å². The molecule has 16 heavy (non-hydrogen) atoms. The molecule has 3 nitrogen and oxygen atoms in total. The van der Waals surface area contributed by atoms with E-state index in [4.69, 9.17) is 0 Å². The highest BCUT2D eigenvalue weighted by atomic mass is 79.9. The first-order valence-electron chi connectivity index (χ1n) is 5.44. The number of rotatable bonds is 4. The van der Waals surface area contributed by atoms with Crippen molar-refractivity contribution >= 4 is 21.8 Å². The Kier molecular flexibility index (Phi) is 4.47. The summed E-state index contributed by atoms with van der Waals surface area (Å²) in [6, 6.07) is 1.77. The van der Waals surface area contributed by atoms with Gasteiger partial charge < -0.3 is 5.32 Å². The van der Waals surface area contributed by atoms with E-state index < -0.39 is 0 Å². The molecule has 0 bridgehead atoms. The summed E-state index contributed by atoms with van der Waals surface area (Å²) in [5, 5.41) is 3.04. The summed E-state index contributed by atoms with van der Waals surface area (Å²) in [5.41, 5.74) is 0.446. The Labute approximate surface area is 105 Å². The number of hydrogen-bond acceptors (Lipinski definition) is 2. The van der Waals surface area contributed by atoms with Gasteiger partial charge in [0.1, 0.15) is 0 Å². The summed E-state index contributed by atoms with van der Waals surface area (Å²) >= 11 is 3.30. The molecule has 88 valence electrons. The molecule has 0 aliphatic rings. The van der Waals surface area contributed by atoms with Crippen molar-refractivity contribution in [1.29, 1.82) is 0 Å². The monoisotopic (exact) mass is 284 g/mol. The molecule has 1 N–H and O–H groups in total. The van der Waals surface area contributed by atoms with Crippen molar-refractivity contribution in [2.24, 2.45) is 0 Å². The first-order chi connectivity index (χ1) is 7.50. The largest absolute Gasteiger partial charge is 0.347 e. The summed E-state index contributed by atoms with van der Waals surface area (Å²) in [4.78, 5) is 15.9. The Morgan fingerprint density at radius 2 is 2.06 bits per heavy atom. The molecule has 0 saturated heterocycles. The molecule has 0 atom stereocenters. The first kappa shape index (κ1) is 13.2. The highest BCUT2D eigenvalue weighted by Crippen LogP contribution is 2.15. The molecule has 0 saturated carbocycles. The van der Waals surface area contributed by atoms with Gasteiger partial charge in [-0.3, -0.25) is 9.78 Å². The number of aromatic nitrogens is 1. The summed E-state index contributed by atoms with van der Waals surface area (Å²) in [5.74, 6) is -0.0694. The maximum absolute atomic E-state index is 12.0. The molecule has 1 aromatic heterocycles. The topological polar surface area (TPSA) is 42.0 Å². The van der Waals surface area contributed by atoms with E-state index in [0.717, 1.165) is 17.3 Å². The van der Waals surface area contributed by atoms with E-state index in [0.29, 0.717) is 5.56 Å². The van der Waals surface area contributed by atoms with E-state index in [1.165, 1.54) is 0 Å². The molecule has 1 aromatic rings. The lowest BCUT2D eigenvalue weighted by molar-refractivity contribution is 0.0900. The predicted molar refractivity (Wildman–Crippen MR) is 68.4 cm³/mol. The Bertz CT molecular complexity index is 375. The van der Waals surface area contributed by atoms with Gasteiger partial charge in [0.15, 0.2) is 0 Å². The van der Waals surface area contributed by atoms with Crippen molar-refractivity contribution in [2.45, 2.75) is 39.2 Å². The van der Waals surface area contributed by atoms with Crippen LogP contribution in [0.15, 0.2) is 22.9 Å². The third kappa shape index (κ3) is 3.30. The number of nitrogens with zero attached hydrogens (tertiary/aromatic N) is 1. The number of hydrogen-bond donors (Lipinski definition) is 1. The van der Waals surface area contributed by atoms with E-state index in [2.05, 4.69) is 47.0 Å². The van der Waals surface area contributed by atoms with Crippen LogP contribution >= 0.6 is 15.9 Å². The van der Waals surface area contributed by atoms with E-state index >= 15 is 0 Å². The fraction of sp³-hybridized carbons (Fsp3) is 0.500. The first-order valence-corrected chi connectivity index (χ1v) is 6.23. The molecule has 0 spiro atoms. The SMILES string of the molecule is CCC(C)(CC)NC(=O)c1cncc(Br)c1. The van der Waals surface area contributed by atoms with Crippen LogP contribution < -0.4 is 5.32 Å². The van der Waals surface area contributed by atoms with Crippen LogP contribution in [0, 0.1) is 0 Å². The maximum Gasteiger partial charge on any atom is 0.253 e. The summed E-state index contributed by atoms with van der Waals surface area (Å²) < 4.78 is 0.815. The van der Waals surface area contributed by atoms with Gasteiger partial charge in [0.2, 0.25) is 0 Å². The van der Waals surface area contributed by atoms with Crippen molar-refractivity contribution < 1.29 is 4.79 Å². The molecule has 0 unspecified atom stereocenters. The summed E-state index contributed by atoms with van der Waals surface area (Å²) in [7, 11) is 0.